The molecule has 1 spiro atoms. The van der Waals surface area contributed by atoms with Crippen LogP contribution in [0.15, 0.2) is 0 Å². The van der Waals surface area contributed by atoms with Crippen LogP contribution in [0.1, 0.15) is 51.3 Å². The van der Waals surface area contributed by atoms with Crippen LogP contribution in [0.2, 0.25) is 0 Å². The molecule has 122 valence electrons. The molecule has 0 N–H and O–H groups in total. The van der Waals surface area contributed by atoms with Gasteiger partial charge in [0.05, 0.1) is 12.2 Å². The summed E-state index contributed by atoms with van der Waals surface area (Å²) in [6.07, 6.45) is 7.03. The molecule has 0 radical (unpaired) electrons. The minimum absolute atomic E-state index is 0.0537. The SMILES string of the molecule is Cn1c(N2CCOC3(CCCC3)C2)nnc1C1(C)CCCO1. The van der Waals surface area contributed by atoms with E-state index in [0.717, 1.165) is 50.9 Å². The molecule has 4 rings (SSSR count). The van der Waals surface area contributed by atoms with Crippen molar-refractivity contribution in [3.63, 3.8) is 0 Å². The quantitative estimate of drug-likeness (QED) is 0.836. The van der Waals surface area contributed by atoms with Crippen molar-refractivity contribution in [1.82, 2.24) is 14.8 Å². The minimum Gasteiger partial charge on any atom is -0.371 e. The first-order chi connectivity index (χ1) is 10.6. The molecule has 0 aromatic carbocycles. The lowest BCUT2D eigenvalue weighted by Gasteiger charge is -2.40. The smallest absolute Gasteiger partial charge is 0.227 e. The summed E-state index contributed by atoms with van der Waals surface area (Å²) in [5.41, 5.74) is -0.227. The molecule has 1 aliphatic carbocycles. The van der Waals surface area contributed by atoms with E-state index in [0.29, 0.717) is 0 Å². The minimum atomic E-state index is -0.280. The van der Waals surface area contributed by atoms with Crippen molar-refractivity contribution in [2.45, 2.75) is 56.7 Å². The maximum absolute atomic E-state index is 6.12. The Hall–Kier alpha value is -1.14. The van der Waals surface area contributed by atoms with Crippen molar-refractivity contribution < 1.29 is 9.47 Å². The molecule has 1 saturated carbocycles. The highest BCUT2D eigenvalue weighted by Gasteiger charge is 2.42. The fourth-order valence-electron chi connectivity index (χ4n) is 4.35. The van der Waals surface area contributed by atoms with Gasteiger partial charge in [-0.05, 0) is 32.6 Å². The number of anilines is 1. The Bertz CT molecular complexity index is 544. The lowest BCUT2D eigenvalue weighted by molar-refractivity contribution is -0.0507. The van der Waals surface area contributed by atoms with Crippen LogP contribution >= 0.6 is 0 Å². The Morgan fingerprint density at radius 2 is 1.82 bits per heavy atom. The number of hydrogen-bond donors (Lipinski definition) is 0. The molecule has 6 heteroatoms. The van der Waals surface area contributed by atoms with Gasteiger partial charge in [0.1, 0.15) is 5.60 Å². The molecule has 0 bridgehead atoms. The Morgan fingerprint density at radius 3 is 2.55 bits per heavy atom. The topological polar surface area (TPSA) is 52.4 Å². The van der Waals surface area contributed by atoms with Crippen LogP contribution in [0.3, 0.4) is 0 Å². The lowest BCUT2D eigenvalue weighted by Crippen LogP contribution is -2.51. The number of ether oxygens (including phenoxy) is 2. The van der Waals surface area contributed by atoms with E-state index in [2.05, 4.69) is 33.6 Å². The monoisotopic (exact) mass is 306 g/mol. The van der Waals surface area contributed by atoms with Crippen molar-refractivity contribution >= 4 is 5.95 Å². The average Bonchev–Trinajstić information content (AvgIpc) is 3.21. The van der Waals surface area contributed by atoms with Gasteiger partial charge in [-0.25, -0.2) is 0 Å². The third-order valence-electron chi connectivity index (χ3n) is 5.59. The fourth-order valence-corrected chi connectivity index (χ4v) is 4.35. The highest BCUT2D eigenvalue weighted by Crippen LogP contribution is 2.38. The van der Waals surface area contributed by atoms with E-state index >= 15 is 0 Å². The van der Waals surface area contributed by atoms with Gasteiger partial charge in [0.15, 0.2) is 5.82 Å². The first-order valence-electron chi connectivity index (χ1n) is 8.55. The summed E-state index contributed by atoms with van der Waals surface area (Å²) in [6, 6.07) is 0. The van der Waals surface area contributed by atoms with Crippen molar-refractivity contribution in [2.24, 2.45) is 7.05 Å². The second-order valence-corrected chi connectivity index (χ2v) is 7.23. The Labute approximate surface area is 131 Å². The van der Waals surface area contributed by atoms with E-state index in [9.17, 15) is 0 Å². The van der Waals surface area contributed by atoms with Crippen molar-refractivity contribution in [3.8, 4) is 0 Å². The number of morpholine rings is 1. The standard InChI is InChI=1S/C16H26N4O2/c1-15(6-5-10-21-15)13-17-18-14(19(13)2)20-9-11-22-16(12-20)7-3-4-8-16/h3-12H2,1-2H3. The normalized spacial score (nSPS) is 31.3. The van der Waals surface area contributed by atoms with E-state index in [1.807, 2.05) is 0 Å². The van der Waals surface area contributed by atoms with E-state index < -0.39 is 0 Å². The summed E-state index contributed by atoms with van der Waals surface area (Å²) in [5, 5.41) is 8.95. The van der Waals surface area contributed by atoms with Crippen LogP contribution < -0.4 is 4.90 Å². The van der Waals surface area contributed by atoms with E-state index in [1.54, 1.807) is 0 Å². The molecular formula is C16H26N4O2. The second kappa shape index (κ2) is 5.20. The van der Waals surface area contributed by atoms with Crippen molar-refractivity contribution in [3.05, 3.63) is 5.82 Å². The van der Waals surface area contributed by atoms with E-state index in [1.165, 1.54) is 25.7 Å². The number of aromatic nitrogens is 3. The highest BCUT2D eigenvalue weighted by molar-refractivity contribution is 5.34. The van der Waals surface area contributed by atoms with Crippen molar-refractivity contribution in [1.29, 1.82) is 0 Å². The lowest BCUT2D eigenvalue weighted by atomic mass is 10.00. The molecule has 22 heavy (non-hydrogen) atoms. The highest BCUT2D eigenvalue weighted by atomic mass is 16.5. The first kappa shape index (κ1) is 14.5. The maximum atomic E-state index is 6.12. The molecule has 3 aliphatic rings. The second-order valence-electron chi connectivity index (χ2n) is 7.23. The molecule has 0 amide bonds. The van der Waals surface area contributed by atoms with Gasteiger partial charge in [-0.1, -0.05) is 12.8 Å². The first-order valence-corrected chi connectivity index (χ1v) is 8.55. The van der Waals surface area contributed by atoms with E-state index in [4.69, 9.17) is 9.47 Å². The van der Waals surface area contributed by atoms with Crippen LogP contribution in [0.4, 0.5) is 5.95 Å². The molecule has 3 fully saturated rings. The zero-order valence-electron chi connectivity index (χ0n) is 13.7. The van der Waals surface area contributed by atoms with Gasteiger partial charge >= 0.3 is 0 Å². The number of nitrogens with zero attached hydrogens (tertiary/aromatic N) is 4. The molecule has 1 unspecified atom stereocenters. The predicted molar refractivity (Wildman–Crippen MR) is 82.9 cm³/mol. The van der Waals surface area contributed by atoms with Crippen molar-refractivity contribution in [2.75, 3.05) is 31.2 Å². The summed E-state index contributed by atoms with van der Waals surface area (Å²) in [5.74, 6) is 1.91. The third-order valence-corrected chi connectivity index (χ3v) is 5.59. The third kappa shape index (κ3) is 2.24. The molecule has 1 aromatic heterocycles. The Balaban J connectivity index is 1.59. The van der Waals surface area contributed by atoms with Gasteiger partial charge in [-0.15, -0.1) is 10.2 Å². The van der Waals surface area contributed by atoms with Crippen LogP contribution in [0.25, 0.3) is 0 Å². The molecule has 3 heterocycles. The fraction of sp³-hybridized carbons (Fsp3) is 0.875. The van der Waals surface area contributed by atoms with Gasteiger partial charge in [0.25, 0.3) is 0 Å². The van der Waals surface area contributed by atoms with Crippen LogP contribution in [0, 0.1) is 0 Å². The van der Waals surface area contributed by atoms with Crippen LogP contribution in [-0.2, 0) is 22.1 Å². The van der Waals surface area contributed by atoms with Gasteiger partial charge in [0.2, 0.25) is 5.95 Å². The summed E-state index contributed by atoms with van der Waals surface area (Å²) >= 11 is 0. The summed E-state index contributed by atoms with van der Waals surface area (Å²) in [7, 11) is 2.06. The molecule has 1 aromatic rings. The van der Waals surface area contributed by atoms with Crippen LogP contribution in [0.5, 0.6) is 0 Å². The maximum Gasteiger partial charge on any atom is 0.227 e. The molecule has 2 aliphatic heterocycles. The number of hydrogen-bond acceptors (Lipinski definition) is 5. The van der Waals surface area contributed by atoms with Gasteiger partial charge in [-0.2, -0.15) is 0 Å². The molecule has 2 saturated heterocycles. The van der Waals surface area contributed by atoms with Gasteiger partial charge in [0, 0.05) is 26.7 Å². The van der Waals surface area contributed by atoms with E-state index in [-0.39, 0.29) is 11.2 Å². The Kier molecular flexibility index (Phi) is 3.42. The average molecular weight is 306 g/mol. The van der Waals surface area contributed by atoms with Gasteiger partial charge in [-0.3, -0.25) is 4.57 Å². The largest absolute Gasteiger partial charge is 0.371 e. The summed E-state index contributed by atoms with van der Waals surface area (Å²) < 4.78 is 14.2. The van der Waals surface area contributed by atoms with Gasteiger partial charge < -0.3 is 14.4 Å². The number of rotatable bonds is 2. The Morgan fingerprint density at radius 1 is 1.00 bits per heavy atom. The summed E-state index contributed by atoms with van der Waals surface area (Å²) in [4.78, 5) is 2.35. The zero-order valence-corrected chi connectivity index (χ0v) is 13.7. The molecule has 6 nitrogen and oxygen atoms in total. The van der Waals surface area contributed by atoms with Crippen LogP contribution in [-0.4, -0.2) is 46.7 Å². The molecular weight excluding hydrogens is 280 g/mol. The predicted octanol–water partition coefficient (Wildman–Crippen LogP) is 1.99. The molecule has 1 atom stereocenters. The zero-order chi connectivity index (χ0) is 15.2. The summed E-state index contributed by atoms with van der Waals surface area (Å²) in [6.45, 7) is 5.57.